The molecule has 0 spiro atoms. The maximum atomic E-state index is 12.3. The number of aryl methyl sites for hydroxylation is 1. The summed E-state index contributed by atoms with van der Waals surface area (Å²) in [4.78, 5) is 25.3. The third-order valence-corrected chi connectivity index (χ3v) is 7.47. The van der Waals surface area contributed by atoms with E-state index in [-0.39, 0.29) is 4.88 Å². The number of carboxylic acid groups (broad SMARTS) is 1. The molecule has 1 fully saturated rings. The van der Waals surface area contributed by atoms with Gasteiger partial charge in [0, 0.05) is 24.2 Å². The number of nitrogens with zero attached hydrogens (tertiary/aromatic N) is 3. The fraction of sp³-hybridized carbons (Fsp3) is 0.400. The summed E-state index contributed by atoms with van der Waals surface area (Å²) in [5.74, 6) is 0.625. The SMILES string of the molecule is COc1ccc(-c2c3c(nc4sc(C(=O)O)c(N=C(C)N5CCOCC5)c24)CCCC3)cc1. The van der Waals surface area contributed by atoms with Crippen LogP contribution in [0.4, 0.5) is 5.69 Å². The second-order valence-electron chi connectivity index (χ2n) is 8.37. The molecule has 2 aliphatic rings. The van der Waals surface area contributed by atoms with Crippen molar-refractivity contribution in [1.82, 2.24) is 9.88 Å². The van der Waals surface area contributed by atoms with Crippen molar-refractivity contribution >= 4 is 39.0 Å². The Kier molecular flexibility index (Phi) is 6.03. The zero-order chi connectivity index (χ0) is 22.9. The van der Waals surface area contributed by atoms with Crippen molar-refractivity contribution < 1.29 is 19.4 Å². The minimum absolute atomic E-state index is 0.238. The molecule has 172 valence electrons. The Bertz CT molecular complexity index is 1230. The second-order valence-corrected chi connectivity index (χ2v) is 9.37. The number of benzene rings is 1. The van der Waals surface area contributed by atoms with Gasteiger partial charge in [-0.25, -0.2) is 14.8 Å². The lowest BCUT2D eigenvalue weighted by Crippen LogP contribution is -2.39. The van der Waals surface area contributed by atoms with E-state index in [2.05, 4.69) is 4.90 Å². The molecule has 3 heterocycles. The summed E-state index contributed by atoms with van der Waals surface area (Å²) < 4.78 is 10.8. The molecule has 1 aromatic carbocycles. The van der Waals surface area contributed by atoms with E-state index in [1.165, 1.54) is 16.9 Å². The number of ether oxygens (including phenoxy) is 2. The first-order valence-corrected chi connectivity index (χ1v) is 12.1. The Morgan fingerprint density at radius 3 is 2.61 bits per heavy atom. The number of aliphatic imine (C=N–C) groups is 1. The quantitative estimate of drug-likeness (QED) is 0.434. The molecule has 1 N–H and O–H groups in total. The van der Waals surface area contributed by atoms with E-state index in [9.17, 15) is 9.90 Å². The topological polar surface area (TPSA) is 84.2 Å². The number of carboxylic acids is 1. The maximum Gasteiger partial charge on any atom is 0.348 e. The van der Waals surface area contributed by atoms with Gasteiger partial charge in [0.05, 0.1) is 20.3 Å². The number of aromatic carboxylic acids is 1. The van der Waals surface area contributed by atoms with Crippen LogP contribution in [0.3, 0.4) is 0 Å². The highest BCUT2D eigenvalue weighted by atomic mass is 32.1. The third-order valence-electron chi connectivity index (χ3n) is 6.41. The molecule has 2 aromatic heterocycles. The van der Waals surface area contributed by atoms with Crippen molar-refractivity contribution in [3.63, 3.8) is 0 Å². The number of pyridine rings is 1. The molecule has 33 heavy (non-hydrogen) atoms. The van der Waals surface area contributed by atoms with Gasteiger partial charge in [-0.15, -0.1) is 11.3 Å². The molecule has 0 bridgehead atoms. The van der Waals surface area contributed by atoms with Crippen LogP contribution < -0.4 is 4.74 Å². The van der Waals surface area contributed by atoms with Crippen LogP contribution in [0.25, 0.3) is 21.3 Å². The Hall–Kier alpha value is -2.97. The lowest BCUT2D eigenvalue weighted by molar-refractivity contribution is 0.0677. The van der Waals surface area contributed by atoms with Crippen LogP contribution in [0.1, 0.15) is 40.7 Å². The summed E-state index contributed by atoms with van der Waals surface area (Å²) >= 11 is 1.22. The first kappa shape index (κ1) is 21.9. The van der Waals surface area contributed by atoms with E-state index in [0.717, 1.165) is 77.4 Å². The lowest BCUT2D eigenvalue weighted by atomic mass is 9.87. The molecule has 7 nitrogen and oxygen atoms in total. The van der Waals surface area contributed by atoms with Crippen molar-refractivity contribution in [2.45, 2.75) is 32.6 Å². The van der Waals surface area contributed by atoms with Crippen LogP contribution >= 0.6 is 11.3 Å². The standard InChI is InChI=1S/C25H27N3O4S/c1-15(28-11-13-32-14-12-28)26-22-21-20(16-7-9-17(31-2)10-8-16)18-5-3-4-6-19(18)27-24(21)33-23(22)25(29)30/h7-10H,3-6,11-14H2,1-2H3,(H,29,30). The monoisotopic (exact) mass is 465 g/mol. The van der Waals surface area contributed by atoms with Gasteiger partial charge in [-0.05, 0) is 61.4 Å². The number of morpholine rings is 1. The minimum Gasteiger partial charge on any atom is -0.497 e. The first-order chi connectivity index (χ1) is 16.1. The second kappa shape index (κ2) is 9.11. The Morgan fingerprint density at radius 2 is 1.91 bits per heavy atom. The summed E-state index contributed by atoms with van der Waals surface area (Å²) in [5, 5.41) is 10.9. The third kappa shape index (κ3) is 4.09. The summed E-state index contributed by atoms with van der Waals surface area (Å²) in [5.41, 5.74) is 4.91. The molecule has 1 aliphatic heterocycles. The molecule has 8 heteroatoms. The zero-order valence-corrected chi connectivity index (χ0v) is 19.7. The summed E-state index contributed by atoms with van der Waals surface area (Å²) in [6.45, 7) is 4.74. The number of hydrogen-bond acceptors (Lipinski definition) is 6. The summed E-state index contributed by atoms with van der Waals surface area (Å²) in [6.07, 6.45) is 4.06. The molecule has 1 aliphatic carbocycles. The van der Waals surface area contributed by atoms with Crippen molar-refractivity contribution in [2.24, 2.45) is 4.99 Å². The average Bonchev–Trinajstić information content (AvgIpc) is 3.21. The van der Waals surface area contributed by atoms with Gasteiger partial charge in [-0.1, -0.05) is 12.1 Å². The molecule has 0 radical (unpaired) electrons. The molecule has 0 saturated carbocycles. The van der Waals surface area contributed by atoms with Crippen molar-refractivity contribution in [1.29, 1.82) is 0 Å². The van der Waals surface area contributed by atoms with Gasteiger partial charge in [0.15, 0.2) is 0 Å². The van der Waals surface area contributed by atoms with E-state index in [4.69, 9.17) is 19.5 Å². The average molecular weight is 466 g/mol. The highest BCUT2D eigenvalue weighted by Gasteiger charge is 2.27. The maximum absolute atomic E-state index is 12.3. The highest BCUT2D eigenvalue weighted by molar-refractivity contribution is 7.21. The summed E-state index contributed by atoms with van der Waals surface area (Å²) in [6, 6.07) is 7.98. The van der Waals surface area contributed by atoms with Gasteiger partial charge >= 0.3 is 5.97 Å². The van der Waals surface area contributed by atoms with Gasteiger partial charge in [-0.2, -0.15) is 0 Å². The zero-order valence-electron chi connectivity index (χ0n) is 18.9. The first-order valence-electron chi connectivity index (χ1n) is 11.3. The van der Waals surface area contributed by atoms with Gasteiger partial charge in [0.1, 0.15) is 27.0 Å². The van der Waals surface area contributed by atoms with Gasteiger partial charge in [0.2, 0.25) is 0 Å². The normalized spacial score (nSPS) is 16.7. The Morgan fingerprint density at radius 1 is 1.18 bits per heavy atom. The van der Waals surface area contributed by atoms with E-state index in [1.807, 2.05) is 31.2 Å². The van der Waals surface area contributed by atoms with E-state index in [1.54, 1.807) is 7.11 Å². The predicted molar refractivity (Wildman–Crippen MR) is 130 cm³/mol. The number of fused-ring (bicyclic) bond motifs is 2. The van der Waals surface area contributed by atoms with Crippen molar-refractivity contribution in [2.75, 3.05) is 33.4 Å². The molecule has 5 rings (SSSR count). The number of carbonyl (C=O) groups is 1. The van der Waals surface area contributed by atoms with E-state index in [0.29, 0.717) is 18.9 Å². The molecule has 0 amide bonds. The molecular weight excluding hydrogens is 438 g/mol. The van der Waals surface area contributed by atoms with Crippen molar-refractivity contribution in [3.05, 3.63) is 40.4 Å². The number of aromatic nitrogens is 1. The molecular formula is C25H27N3O4S. The van der Waals surface area contributed by atoms with Crippen LogP contribution in [0.2, 0.25) is 0 Å². The van der Waals surface area contributed by atoms with Gasteiger partial charge in [0.25, 0.3) is 0 Å². The van der Waals surface area contributed by atoms with Crippen molar-refractivity contribution in [3.8, 4) is 16.9 Å². The fourth-order valence-electron chi connectivity index (χ4n) is 4.72. The Labute approximate surface area is 196 Å². The molecule has 3 aromatic rings. The van der Waals surface area contributed by atoms with E-state index >= 15 is 0 Å². The smallest absolute Gasteiger partial charge is 0.348 e. The largest absolute Gasteiger partial charge is 0.497 e. The number of thiophene rings is 1. The molecule has 0 unspecified atom stereocenters. The number of rotatable bonds is 4. The molecule has 0 atom stereocenters. The molecule has 1 saturated heterocycles. The Balaban J connectivity index is 1.78. The van der Waals surface area contributed by atoms with Crippen LogP contribution in [-0.4, -0.2) is 60.2 Å². The van der Waals surface area contributed by atoms with Gasteiger partial charge in [-0.3, -0.25) is 0 Å². The summed E-state index contributed by atoms with van der Waals surface area (Å²) in [7, 11) is 1.65. The van der Waals surface area contributed by atoms with Gasteiger partial charge < -0.3 is 19.5 Å². The predicted octanol–water partition coefficient (Wildman–Crippen LogP) is 4.93. The van der Waals surface area contributed by atoms with Crippen LogP contribution in [0.5, 0.6) is 5.75 Å². The van der Waals surface area contributed by atoms with Crippen LogP contribution in [-0.2, 0) is 17.6 Å². The van der Waals surface area contributed by atoms with Crippen LogP contribution in [0.15, 0.2) is 29.3 Å². The lowest BCUT2D eigenvalue weighted by Gasteiger charge is -2.28. The minimum atomic E-state index is -0.967. The van der Waals surface area contributed by atoms with E-state index < -0.39 is 5.97 Å². The number of hydrogen-bond donors (Lipinski definition) is 1. The highest BCUT2D eigenvalue weighted by Crippen LogP contribution is 2.46. The number of amidine groups is 1. The number of methoxy groups -OCH3 is 1. The van der Waals surface area contributed by atoms with Crippen LogP contribution in [0, 0.1) is 0 Å². The fourth-order valence-corrected chi connectivity index (χ4v) is 5.70.